The Balaban J connectivity index is -0.0000000200. The standard InChI is InChI=1S/H2O3.Si.Zn/c1-3-2;;/h1-2H;;. The van der Waals surface area contributed by atoms with Crippen molar-refractivity contribution in [2.75, 3.05) is 0 Å². The van der Waals surface area contributed by atoms with Crippen molar-refractivity contribution in [2.24, 2.45) is 0 Å². The van der Waals surface area contributed by atoms with E-state index >= 15 is 0 Å². The Bertz CT molecular complexity index is 6.85. The Hall–Kier alpha value is 0.720. The van der Waals surface area contributed by atoms with Gasteiger partial charge in [0.2, 0.25) is 0 Å². The van der Waals surface area contributed by atoms with Crippen LogP contribution in [0.2, 0.25) is 0 Å². The predicted octanol–water partition coefficient (Wildman–Crippen LogP) is -0.434. The van der Waals surface area contributed by atoms with Crippen LogP contribution in [0.5, 0.6) is 0 Å². The second-order valence-electron chi connectivity index (χ2n) is 0.0816. The molecule has 0 aliphatic heterocycles. The first-order valence-corrected chi connectivity index (χ1v) is 0.365. The first kappa shape index (κ1) is 17.2. The van der Waals surface area contributed by atoms with Gasteiger partial charge >= 0.3 is 0 Å². The Morgan fingerprint density at radius 1 is 1.20 bits per heavy atom. The summed E-state index contributed by atoms with van der Waals surface area (Å²) in [4.78, 5) is 0. The van der Waals surface area contributed by atoms with Gasteiger partial charge < -0.3 is 0 Å². The van der Waals surface area contributed by atoms with Gasteiger partial charge in [0.05, 0.1) is 0 Å². The molecule has 0 aliphatic rings. The Labute approximate surface area is 46.6 Å². The average molecular weight is 143 g/mol. The van der Waals surface area contributed by atoms with Crippen molar-refractivity contribution >= 4 is 11.0 Å². The van der Waals surface area contributed by atoms with Crippen LogP contribution in [0.25, 0.3) is 0 Å². The molecule has 0 aromatic carbocycles. The van der Waals surface area contributed by atoms with E-state index in [0.29, 0.717) is 0 Å². The topological polar surface area (TPSA) is 49.7 Å². The second kappa shape index (κ2) is 22.1. The fourth-order valence-corrected chi connectivity index (χ4v) is 0. The first-order valence-electron chi connectivity index (χ1n) is 0.365. The maximum Gasteiger partial charge on any atom is 0 e. The summed E-state index contributed by atoms with van der Waals surface area (Å²) in [5.74, 6) is 0. The predicted molar refractivity (Wildman–Crippen MR) is 12.1 cm³/mol. The van der Waals surface area contributed by atoms with Crippen molar-refractivity contribution in [1.29, 1.82) is 0 Å². The van der Waals surface area contributed by atoms with E-state index in [0.717, 1.165) is 0 Å². The number of hydrogen-bond donors (Lipinski definition) is 2. The summed E-state index contributed by atoms with van der Waals surface area (Å²) in [6, 6.07) is 0. The van der Waals surface area contributed by atoms with Gasteiger partial charge in [-0.15, -0.1) is 0 Å². The Morgan fingerprint density at radius 3 is 1.20 bits per heavy atom. The van der Waals surface area contributed by atoms with Gasteiger partial charge in [0.25, 0.3) is 0 Å². The van der Waals surface area contributed by atoms with E-state index in [2.05, 4.69) is 5.04 Å². The molecule has 0 amide bonds. The number of hydrogen-bond acceptors (Lipinski definition) is 3. The third-order valence-electron chi connectivity index (χ3n) is 0. The van der Waals surface area contributed by atoms with E-state index in [1.807, 2.05) is 0 Å². The van der Waals surface area contributed by atoms with Crippen LogP contribution in [0.1, 0.15) is 0 Å². The zero-order chi connectivity index (χ0) is 2.71. The molecule has 0 bridgehead atoms. The van der Waals surface area contributed by atoms with Crippen LogP contribution in [-0.4, -0.2) is 21.5 Å². The smallest absolute Gasteiger partial charge is 0 e. The molecular formula is H2O3SiZn. The maximum absolute atomic E-state index is 6.62. The quantitative estimate of drug-likeness (QED) is 0.275. The molecule has 0 fully saturated rings. The maximum atomic E-state index is 6.62. The van der Waals surface area contributed by atoms with Crippen LogP contribution in [-0.2, 0) is 24.5 Å². The molecule has 0 saturated carbocycles. The average Bonchev–Trinajstić information content (AvgIpc) is 0.918. The summed E-state index contributed by atoms with van der Waals surface area (Å²) < 4.78 is 0. The van der Waals surface area contributed by atoms with Crippen LogP contribution in [0.15, 0.2) is 0 Å². The van der Waals surface area contributed by atoms with Crippen LogP contribution in [0.4, 0.5) is 0 Å². The molecular weight excluding hydrogens is 141 g/mol. The minimum absolute atomic E-state index is 0. The summed E-state index contributed by atoms with van der Waals surface area (Å²) >= 11 is 0. The molecule has 2 N–H and O–H groups in total. The molecule has 5 heavy (non-hydrogen) atoms. The molecule has 5 heteroatoms. The van der Waals surface area contributed by atoms with E-state index < -0.39 is 0 Å². The van der Waals surface area contributed by atoms with E-state index in [1.54, 1.807) is 0 Å². The zero-order valence-electron chi connectivity index (χ0n) is 2.51. The molecule has 0 unspecified atom stereocenters. The molecule has 26 valence electrons. The molecule has 0 aromatic rings. The van der Waals surface area contributed by atoms with Crippen LogP contribution in [0, 0.1) is 0 Å². The fourth-order valence-electron chi connectivity index (χ4n) is 0. The van der Waals surface area contributed by atoms with Gasteiger partial charge in [-0.1, -0.05) is 5.04 Å². The third-order valence-corrected chi connectivity index (χ3v) is 0. The summed E-state index contributed by atoms with van der Waals surface area (Å²) in [7, 11) is 0. The van der Waals surface area contributed by atoms with Gasteiger partial charge in [-0.25, -0.2) is 10.5 Å². The molecule has 0 atom stereocenters. The summed E-state index contributed by atoms with van der Waals surface area (Å²) in [5, 5.41) is 15.5. The van der Waals surface area contributed by atoms with Crippen LogP contribution >= 0.6 is 0 Å². The first-order chi connectivity index (χ1) is 1.41. The summed E-state index contributed by atoms with van der Waals surface area (Å²) in [6.07, 6.45) is 0. The van der Waals surface area contributed by atoms with Crippen molar-refractivity contribution in [3.8, 4) is 0 Å². The second-order valence-corrected chi connectivity index (χ2v) is 0.0816. The van der Waals surface area contributed by atoms with Gasteiger partial charge in [0.15, 0.2) is 0 Å². The van der Waals surface area contributed by atoms with Crippen molar-refractivity contribution in [3.05, 3.63) is 0 Å². The van der Waals surface area contributed by atoms with Crippen LogP contribution < -0.4 is 0 Å². The molecule has 0 aliphatic carbocycles. The van der Waals surface area contributed by atoms with Gasteiger partial charge in [0, 0.05) is 30.4 Å². The van der Waals surface area contributed by atoms with Gasteiger partial charge in [-0.05, 0) is 0 Å². The van der Waals surface area contributed by atoms with E-state index in [-0.39, 0.29) is 30.4 Å². The van der Waals surface area contributed by atoms with Gasteiger partial charge in [0.1, 0.15) is 0 Å². The number of rotatable bonds is 0. The van der Waals surface area contributed by atoms with Crippen molar-refractivity contribution < 1.29 is 35.0 Å². The van der Waals surface area contributed by atoms with Crippen LogP contribution in [0.3, 0.4) is 0 Å². The zero-order valence-corrected chi connectivity index (χ0v) is 6.48. The fraction of sp³-hybridized carbons (Fsp3) is 0. The minimum Gasteiger partial charge on any atom is -0.221 e. The molecule has 0 saturated heterocycles. The summed E-state index contributed by atoms with van der Waals surface area (Å²) in [5.41, 5.74) is 0. The molecule has 0 aromatic heterocycles. The van der Waals surface area contributed by atoms with Crippen molar-refractivity contribution in [2.45, 2.75) is 0 Å². The molecule has 4 radical (unpaired) electrons. The van der Waals surface area contributed by atoms with E-state index in [4.69, 9.17) is 10.5 Å². The molecule has 0 heterocycles. The van der Waals surface area contributed by atoms with Gasteiger partial charge in [-0.2, -0.15) is 0 Å². The van der Waals surface area contributed by atoms with Crippen molar-refractivity contribution in [3.63, 3.8) is 0 Å². The Morgan fingerprint density at radius 2 is 1.20 bits per heavy atom. The summed E-state index contributed by atoms with van der Waals surface area (Å²) in [6.45, 7) is 0. The van der Waals surface area contributed by atoms with Gasteiger partial charge in [-0.3, -0.25) is 0 Å². The molecule has 3 nitrogen and oxygen atoms in total. The third kappa shape index (κ3) is 67.3. The Kier molecular flexibility index (Phi) is 76.0. The van der Waals surface area contributed by atoms with E-state index in [1.165, 1.54) is 0 Å². The normalized spacial score (nSPS) is 3.60. The SMILES string of the molecule is OOO.[Si].[Zn]. The van der Waals surface area contributed by atoms with Crippen molar-refractivity contribution in [1.82, 2.24) is 0 Å². The molecule has 0 rings (SSSR count). The minimum atomic E-state index is 0. The largest absolute Gasteiger partial charge is 0.221 e. The molecule has 0 spiro atoms. The van der Waals surface area contributed by atoms with E-state index in [9.17, 15) is 0 Å². The monoisotopic (exact) mass is 142 g/mol.